The molecule has 7 nitrogen and oxygen atoms in total. The summed E-state index contributed by atoms with van der Waals surface area (Å²) in [6.07, 6.45) is 2.27. The van der Waals surface area contributed by atoms with Crippen LogP contribution >= 0.6 is 0 Å². The zero-order chi connectivity index (χ0) is 19.0. The molecular weight excluding hydrogens is 366 g/mol. The Morgan fingerprint density at radius 3 is 2.41 bits per heavy atom. The molecule has 2 N–H and O–H groups in total. The van der Waals surface area contributed by atoms with Gasteiger partial charge in [0.1, 0.15) is 5.76 Å². The second-order valence-electron chi connectivity index (χ2n) is 7.11. The molecule has 2 bridgehead atoms. The first-order valence-corrected chi connectivity index (χ1v) is 10.6. The van der Waals surface area contributed by atoms with Crippen LogP contribution in [-0.2, 0) is 10.0 Å². The number of amides is 1. The fourth-order valence-corrected chi connectivity index (χ4v) is 4.63. The van der Waals surface area contributed by atoms with Gasteiger partial charge in [0.05, 0.1) is 4.90 Å². The predicted molar refractivity (Wildman–Crippen MR) is 101 cm³/mol. The second kappa shape index (κ2) is 7.10. The van der Waals surface area contributed by atoms with Gasteiger partial charge in [-0.05, 0) is 75.3 Å². The molecule has 1 atom stereocenters. The number of hydrogen-bond donors (Lipinski definition) is 2. The Bertz CT molecular complexity index is 928. The van der Waals surface area contributed by atoms with Crippen molar-refractivity contribution in [1.29, 1.82) is 0 Å². The monoisotopic (exact) mass is 389 g/mol. The van der Waals surface area contributed by atoms with Crippen LogP contribution < -0.4 is 10.0 Å². The molecule has 0 spiro atoms. The van der Waals surface area contributed by atoms with E-state index in [-0.39, 0.29) is 22.6 Å². The highest BCUT2D eigenvalue weighted by molar-refractivity contribution is 7.89. The molecule has 0 radical (unpaired) electrons. The van der Waals surface area contributed by atoms with Crippen molar-refractivity contribution in [3.63, 3.8) is 0 Å². The molecule has 1 aromatic carbocycles. The topological polar surface area (TPSA) is 91.6 Å². The molecule has 144 valence electrons. The number of fused-ring (bicyclic) bond motifs is 3. The van der Waals surface area contributed by atoms with E-state index >= 15 is 0 Å². The first-order valence-electron chi connectivity index (χ1n) is 9.13. The molecule has 8 heteroatoms. The summed E-state index contributed by atoms with van der Waals surface area (Å²) in [7, 11) is -2.10. The molecule has 3 saturated heterocycles. The molecule has 3 aliphatic heterocycles. The molecule has 3 aliphatic rings. The van der Waals surface area contributed by atoms with Crippen molar-refractivity contribution in [2.75, 3.05) is 26.7 Å². The Morgan fingerprint density at radius 1 is 1.11 bits per heavy atom. The minimum Gasteiger partial charge on any atom is -0.451 e. The summed E-state index contributed by atoms with van der Waals surface area (Å²) in [5.41, 5.74) is 0.715. The Hall–Kier alpha value is -2.16. The third-order valence-electron chi connectivity index (χ3n) is 5.52. The van der Waals surface area contributed by atoms with Crippen LogP contribution in [0.5, 0.6) is 0 Å². The molecule has 2 aromatic rings. The largest absolute Gasteiger partial charge is 0.451 e. The van der Waals surface area contributed by atoms with Crippen LogP contribution in [0.25, 0.3) is 11.3 Å². The molecule has 3 fully saturated rings. The lowest BCUT2D eigenvalue weighted by atomic mass is 9.84. The van der Waals surface area contributed by atoms with Gasteiger partial charge >= 0.3 is 0 Å². The Kier molecular flexibility index (Phi) is 4.79. The average Bonchev–Trinajstić information content (AvgIpc) is 3.19. The van der Waals surface area contributed by atoms with E-state index in [1.807, 2.05) is 0 Å². The molecule has 27 heavy (non-hydrogen) atoms. The maximum absolute atomic E-state index is 12.5. The van der Waals surface area contributed by atoms with Crippen LogP contribution in [0.3, 0.4) is 0 Å². The van der Waals surface area contributed by atoms with Crippen LogP contribution in [0.1, 0.15) is 23.4 Å². The van der Waals surface area contributed by atoms with Gasteiger partial charge in [-0.25, -0.2) is 13.1 Å². The van der Waals surface area contributed by atoms with Gasteiger partial charge in [0.2, 0.25) is 10.0 Å². The van der Waals surface area contributed by atoms with Gasteiger partial charge in [-0.2, -0.15) is 0 Å². The van der Waals surface area contributed by atoms with Crippen molar-refractivity contribution in [2.24, 2.45) is 5.92 Å². The number of carbonyl (C=O) groups is 1. The normalized spacial score (nSPS) is 24.7. The van der Waals surface area contributed by atoms with Gasteiger partial charge in [0.15, 0.2) is 5.76 Å². The van der Waals surface area contributed by atoms with Crippen LogP contribution in [0.2, 0.25) is 0 Å². The van der Waals surface area contributed by atoms with Gasteiger partial charge in [-0.15, -0.1) is 0 Å². The number of carbonyl (C=O) groups excluding carboxylic acids is 1. The predicted octanol–water partition coefficient (Wildman–Crippen LogP) is 1.68. The van der Waals surface area contributed by atoms with Gasteiger partial charge in [-0.1, -0.05) is 0 Å². The van der Waals surface area contributed by atoms with Crippen LogP contribution in [0, 0.1) is 5.92 Å². The molecule has 5 rings (SSSR count). The van der Waals surface area contributed by atoms with Crippen LogP contribution in [-0.4, -0.2) is 51.9 Å². The van der Waals surface area contributed by atoms with Crippen molar-refractivity contribution >= 4 is 15.9 Å². The zero-order valence-corrected chi connectivity index (χ0v) is 16.0. The summed E-state index contributed by atoms with van der Waals surface area (Å²) >= 11 is 0. The van der Waals surface area contributed by atoms with E-state index in [9.17, 15) is 13.2 Å². The maximum atomic E-state index is 12.5. The minimum atomic E-state index is -3.47. The van der Waals surface area contributed by atoms with Crippen molar-refractivity contribution in [1.82, 2.24) is 14.9 Å². The third-order valence-corrected chi connectivity index (χ3v) is 6.95. The molecule has 1 amide bonds. The SMILES string of the molecule is CNS(=O)(=O)c1ccc(-c2ccc(C(=O)N[C@H]3CN4CCC3CC4)o2)cc1. The molecule has 0 unspecified atom stereocenters. The molecule has 0 aliphatic carbocycles. The summed E-state index contributed by atoms with van der Waals surface area (Å²) in [6, 6.07) is 9.92. The Morgan fingerprint density at radius 2 is 1.81 bits per heavy atom. The van der Waals surface area contributed by atoms with Gasteiger partial charge in [0, 0.05) is 18.2 Å². The van der Waals surface area contributed by atoms with Crippen molar-refractivity contribution in [2.45, 2.75) is 23.8 Å². The average molecular weight is 389 g/mol. The lowest BCUT2D eigenvalue weighted by molar-refractivity contribution is 0.0606. The first kappa shape index (κ1) is 18.2. The Balaban J connectivity index is 1.46. The quantitative estimate of drug-likeness (QED) is 0.812. The summed E-state index contributed by atoms with van der Waals surface area (Å²) < 4.78 is 31.6. The number of furan rings is 1. The number of hydrogen-bond acceptors (Lipinski definition) is 5. The summed E-state index contributed by atoms with van der Waals surface area (Å²) in [5, 5.41) is 3.11. The molecular formula is C19H23N3O4S. The van der Waals surface area contributed by atoms with E-state index in [1.54, 1.807) is 24.3 Å². The number of rotatable bonds is 5. The lowest BCUT2D eigenvalue weighted by Gasteiger charge is -2.44. The van der Waals surface area contributed by atoms with E-state index in [2.05, 4.69) is 14.9 Å². The molecule has 0 saturated carbocycles. The van der Waals surface area contributed by atoms with E-state index in [0.717, 1.165) is 32.5 Å². The first-order chi connectivity index (χ1) is 13.0. The standard InChI is InChI=1S/C19H23N3O4S/c1-20-27(24,25)15-4-2-14(3-5-15)17-6-7-18(26-17)19(23)21-16-12-22-10-8-13(16)9-11-22/h2-7,13,16,20H,8-12H2,1H3,(H,21,23)/t16-/m0/s1. The van der Waals surface area contributed by atoms with Crippen molar-refractivity contribution in [3.05, 3.63) is 42.2 Å². The number of nitrogens with zero attached hydrogens (tertiary/aromatic N) is 1. The highest BCUT2D eigenvalue weighted by Gasteiger charge is 2.35. The summed E-state index contributed by atoms with van der Waals surface area (Å²) in [5.74, 6) is 1.15. The van der Waals surface area contributed by atoms with Crippen molar-refractivity contribution < 1.29 is 17.6 Å². The minimum absolute atomic E-state index is 0.180. The van der Waals surface area contributed by atoms with Gasteiger partial charge in [0.25, 0.3) is 5.91 Å². The van der Waals surface area contributed by atoms with Crippen molar-refractivity contribution in [3.8, 4) is 11.3 Å². The van der Waals surface area contributed by atoms with Crippen LogP contribution in [0.4, 0.5) is 0 Å². The summed E-state index contributed by atoms with van der Waals surface area (Å²) in [4.78, 5) is 15.1. The van der Waals surface area contributed by atoms with Gasteiger partial charge < -0.3 is 14.6 Å². The lowest BCUT2D eigenvalue weighted by Crippen LogP contribution is -2.57. The van der Waals surface area contributed by atoms with E-state index in [0.29, 0.717) is 17.2 Å². The number of piperidine rings is 3. The number of sulfonamides is 1. The second-order valence-corrected chi connectivity index (χ2v) is 9.00. The van der Waals surface area contributed by atoms with E-state index in [1.165, 1.54) is 19.2 Å². The van der Waals surface area contributed by atoms with E-state index in [4.69, 9.17) is 4.42 Å². The van der Waals surface area contributed by atoms with Crippen LogP contribution in [0.15, 0.2) is 45.7 Å². The fraction of sp³-hybridized carbons (Fsp3) is 0.421. The number of nitrogens with one attached hydrogen (secondary N) is 2. The molecule has 1 aromatic heterocycles. The zero-order valence-electron chi connectivity index (χ0n) is 15.1. The smallest absolute Gasteiger partial charge is 0.287 e. The third kappa shape index (κ3) is 3.65. The number of benzene rings is 1. The van der Waals surface area contributed by atoms with Gasteiger partial charge in [-0.3, -0.25) is 4.79 Å². The highest BCUT2D eigenvalue weighted by Crippen LogP contribution is 2.28. The highest BCUT2D eigenvalue weighted by atomic mass is 32.2. The van der Waals surface area contributed by atoms with E-state index < -0.39 is 10.0 Å². The maximum Gasteiger partial charge on any atom is 0.287 e. The fourth-order valence-electron chi connectivity index (χ4n) is 3.90. The molecule has 4 heterocycles. The Labute approximate surface area is 158 Å². The summed E-state index contributed by atoms with van der Waals surface area (Å²) in [6.45, 7) is 3.16.